The van der Waals surface area contributed by atoms with E-state index in [-0.39, 0.29) is 17.7 Å². The third-order valence-corrected chi connectivity index (χ3v) is 3.25. The molecular formula is C13H16N2O4. The van der Waals surface area contributed by atoms with E-state index in [1.54, 1.807) is 12.1 Å². The largest absolute Gasteiger partial charge is 0.477 e. The van der Waals surface area contributed by atoms with Gasteiger partial charge >= 0.3 is 11.9 Å². The number of aromatic carboxylic acids is 1. The van der Waals surface area contributed by atoms with Gasteiger partial charge in [-0.1, -0.05) is 6.07 Å². The van der Waals surface area contributed by atoms with Crippen molar-refractivity contribution < 1.29 is 19.4 Å². The van der Waals surface area contributed by atoms with Crippen LogP contribution in [-0.4, -0.2) is 41.7 Å². The van der Waals surface area contributed by atoms with Gasteiger partial charge in [0.05, 0.1) is 13.5 Å². The van der Waals surface area contributed by atoms with E-state index in [9.17, 15) is 9.59 Å². The van der Waals surface area contributed by atoms with Gasteiger partial charge in [-0.25, -0.2) is 9.78 Å². The van der Waals surface area contributed by atoms with Crippen molar-refractivity contribution >= 4 is 17.8 Å². The van der Waals surface area contributed by atoms with Crippen LogP contribution in [0.2, 0.25) is 0 Å². The van der Waals surface area contributed by atoms with Gasteiger partial charge in [-0.15, -0.1) is 0 Å². The van der Waals surface area contributed by atoms with Crippen LogP contribution >= 0.6 is 0 Å². The van der Waals surface area contributed by atoms with Gasteiger partial charge in [0.1, 0.15) is 5.82 Å². The summed E-state index contributed by atoms with van der Waals surface area (Å²) in [5.74, 6) is -0.705. The molecule has 1 unspecified atom stereocenters. The number of carbonyl (C=O) groups excluding carboxylic acids is 1. The van der Waals surface area contributed by atoms with Crippen molar-refractivity contribution in [2.45, 2.75) is 25.3 Å². The predicted octanol–water partition coefficient (Wildman–Crippen LogP) is 1.31. The fourth-order valence-electron chi connectivity index (χ4n) is 2.33. The lowest BCUT2D eigenvalue weighted by molar-refractivity contribution is -0.140. The third kappa shape index (κ3) is 3.01. The van der Waals surface area contributed by atoms with Gasteiger partial charge in [-0.2, -0.15) is 0 Å². The lowest BCUT2D eigenvalue weighted by atomic mass is 10.1. The topological polar surface area (TPSA) is 79.7 Å². The lowest BCUT2D eigenvalue weighted by Crippen LogP contribution is -2.32. The smallest absolute Gasteiger partial charge is 0.354 e. The molecule has 102 valence electrons. The van der Waals surface area contributed by atoms with E-state index in [4.69, 9.17) is 5.11 Å². The van der Waals surface area contributed by atoms with Crippen LogP contribution in [0.3, 0.4) is 0 Å². The quantitative estimate of drug-likeness (QED) is 0.826. The molecule has 0 saturated carbocycles. The van der Waals surface area contributed by atoms with E-state index in [0.29, 0.717) is 12.2 Å². The van der Waals surface area contributed by atoms with Crippen LogP contribution in [0.15, 0.2) is 18.2 Å². The zero-order valence-corrected chi connectivity index (χ0v) is 10.7. The first-order chi connectivity index (χ1) is 9.11. The molecule has 2 heterocycles. The second-order valence-corrected chi connectivity index (χ2v) is 4.46. The van der Waals surface area contributed by atoms with Crippen molar-refractivity contribution in [3.63, 3.8) is 0 Å². The lowest BCUT2D eigenvalue weighted by Gasteiger charge is -2.25. The first-order valence-electron chi connectivity index (χ1n) is 6.15. The number of carboxylic acid groups (broad SMARTS) is 1. The minimum absolute atomic E-state index is 0.0150. The molecule has 1 fully saturated rings. The normalized spacial score (nSPS) is 18.4. The minimum Gasteiger partial charge on any atom is -0.477 e. The van der Waals surface area contributed by atoms with Crippen molar-refractivity contribution in [1.29, 1.82) is 0 Å². The molecule has 6 nitrogen and oxygen atoms in total. The molecule has 0 bridgehead atoms. The van der Waals surface area contributed by atoms with Crippen LogP contribution < -0.4 is 4.90 Å². The van der Waals surface area contributed by atoms with Crippen LogP contribution in [0, 0.1) is 0 Å². The van der Waals surface area contributed by atoms with Crippen molar-refractivity contribution in [3.05, 3.63) is 23.9 Å². The Kier molecular flexibility index (Phi) is 3.99. The number of esters is 1. The average Bonchev–Trinajstić information content (AvgIpc) is 2.86. The summed E-state index contributed by atoms with van der Waals surface area (Å²) in [6.07, 6.45) is 2.14. The summed E-state index contributed by atoms with van der Waals surface area (Å²) in [7, 11) is 1.37. The molecule has 1 aliphatic rings. The molecule has 19 heavy (non-hydrogen) atoms. The van der Waals surface area contributed by atoms with Crippen LogP contribution in [0.4, 0.5) is 5.82 Å². The van der Waals surface area contributed by atoms with Crippen molar-refractivity contribution in [1.82, 2.24) is 4.98 Å². The highest BCUT2D eigenvalue weighted by Crippen LogP contribution is 2.26. The predicted molar refractivity (Wildman–Crippen MR) is 68.2 cm³/mol. The maximum Gasteiger partial charge on any atom is 0.354 e. The number of pyridine rings is 1. The molecule has 0 radical (unpaired) electrons. The number of ether oxygens (including phenoxy) is 1. The highest BCUT2D eigenvalue weighted by Gasteiger charge is 2.28. The van der Waals surface area contributed by atoms with Crippen LogP contribution in [-0.2, 0) is 9.53 Å². The average molecular weight is 264 g/mol. The van der Waals surface area contributed by atoms with E-state index in [0.717, 1.165) is 19.4 Å². The Labute approximate surface area is 111 Å². The molecule has 1 N–H and O–H groups in total. The zero-order chi connectivity index (χ0) is 13.8. The Morgan fingerprint density at radius 3 is 3.00 bits per heavy atom. The van der Waals surface area contributed by atoms with Gasteiger partial charge in [-0.05, 0) is 25.0 Å². The monoisotopic (exact) mass is 264 g/mol. The number of hydrogen-bond donors (Lipinski definition) is 1. The van der Waals surface area contributed by atoms with Gasteiger partial charge < -0.3 is 14.7 Å². The molecule has 2 rings (SSSR count). The molecule has 1 atom stereocenters. The molecule has 1 aromatic heterocycles. The molecule has 6 heteroatoms. The Morgan fingerprint density at radius 2 is 2.32 bits per heavy atom. The van der Waals surface area contributed by atoms with Crippen molar-refractivity contribution in [2.75, 3.05) is 18.6 Å². The second-order valence-electron chi connectivity index (χ2n) is 4.46. The van der Waals surface area contributed by atoms with E-state index >= 15 is 0 Å². The molecule has 1 aliphatic heterocycles. The molecule has 0 amide bonds. The van der Waals surface area contributed by atoms with E-state index in [2.05, 4.69) is 9.72 Å². The number of carbonyl (C=O) groups is 2. The summed E-state index contributed by atoms with van der Waals surface area (Å²) in [5.41, 5.74) is 0.0150. The summed E-state index contributed by atoms with van der Waals surface area (Å²) < 4.78 is 4.68. The van der Waals surface area contributed by atoms with E-state index in [1.807, 2.05) is 4.90 Å². The number of rotatable bonds is 4. The maximum absolute atomic E-state index is 11.4. The summed E-state index contributed by atoms with van der Waals surface area (Å²) in [6.45, 7) is 0.776. The summed E-state index contributed by atoms with van der Waals surface area (Å²) in [4.78, 5) is 28.4. The van der Waals surface area contributed by atoms with Gasteiger partial charge in [0.15, 0.2) is 5.69 Å². The standard InChI is InChI=1S/C13H16N2O4/c1-19-12(16)8-9-4-3-7-15(9)11-6-2-5-10(14-11)13(17)18/h2,5-6,9H,3-4,7-8H2,1H3,(H,17,18). The molecule has 0 spiro atoms. The number of carboxylic acids is 1. The zero-order valence-electron chi connectivity index (χ0n) is 10.7. The summed E-state index contributed by atoms with van der Waals surface area (Å²) >= 11 is 0. The third-order valence-electron chi connectivity index (χ3n) is 3.25. The fraction of sp³-hybridized carbons (Fsp3) is 0.462. The van der Waals surface area contributed by atoms with Crippen molar-refractivity contribution in [2.24, 2.45) is 0 Å². The highest BCUT2D eigenvalue weighted by molar-refractivity contribution is 5.85. The van der Waals surface area contributed by atoms with Crippen LogP contribution in [0.25, 0.3) is 0 Å². The highest BCUT2D eigenvalue weighted by atomic mass is 16.5. The van der Waals surface area contributed by atoms with Crippen molar-refractivity contribution in [3.8, 4) is 0 Å². The SMILES string of the molecule is COC(=O)CC1CCCN1c1cccc(C(=O)O)n1. The maximum atomic E-state index is 11.4. The number of anilines is 1. The van der Waals surface area contributed by atoms with Gasteiger partial charge in [0.25, 0.3) is 0 Å². The minimum atomic E-state index is -1.05. The number of nitrogens with zero attached hydrogens (tertiary/aromatic N) is 2. The van der Waals surface area contributed by atoms with E-state index < -0.39 is 5.97 Å². The number of hydrogen-bond acceptors (Lipinski definition) is 5. The number of aromatic nitrogens is 1. The number of methoxy groups -OCH3 is 1. The Bertz CT molecular complexity index is 489. The Morgan fingerprint density at radius 1 is 1.53 bits per heavy atom. The van der Waals surface area contributed by atoms with E-state index in [1.165, 1.54) is 13.2 Å². The van der Waals surface area contributed by atoms with Gasteiger partial charge in [0.2, 0.25) is 0 Å². The molecule has 1 saturated heterocycles. The Hall–Kier alpha value is -2.11. The summed E-state index contributed by atoms with van der Waals surface area (Å²) in [5, 5.41) is 8.95. The molecular weight excluding hydrogens is 248 g/mol. The second kappa shape index (κ2) is 5.69. The molecule has 0 aromatic carbocycles. The molecule has 1 aromatic rings. The fourth-order valence-corrected chi connectivity index (χ4v) is 2.33. The van der Waals surface area contributed by atoms with Crippen LogP contribution in [0.1, 0.15) is 29.8 Å². The van der Waals surface area contributed by atoms with Crippen LogP contribution in [0.5, 0.6) is 0 Å². The summed E-state index contributed by atoms with van der Waals surface area (Å²) in [6, 6.07) is 4.92. The van der Waals surface area contributed by atoms with Gasteiger partial charge in [0, 0.05) is 12.6 Å². The first-order valence-corrected chi connectivity index (χ1v) is 6.15. The Balaban J connectivity index is 2.17. The molecule has 0 aliphatic carbocycles. The van der Waals surface area contributed by atoms with Gasteiger partial charge in [-0.3, -0.25) is 4.79 Å². The first kappa shape index (κ1) is 13.3.